The van der Waals surface area contributed by atoms with Crippen LogP contribution in [-0.2, 0) is 6.42 Å². The molecule has 1 amide bonds. The molecule has 34 heavy (non-hydrogen) atoms. The summed E-state index contributed by atoms with van der Waals surface area (Å²) in [7, 11) is 1.59. The molecule has 10 heteroatoms. The van der Waals surface area contributed by atoms with E-state index in [1.807, 2.05) is 43.3 Å². The lowest BCUT2D eigenvalue weighted by Crippen LogP contribution is -2.18. The zero-order chi connectivity index (χ0) is 24.5. The molecule has 0 unspecified atom stereocenters. The Bertz CT molecular complexity index is 1240. The Balaban J connectivity index is 0.000000302. The lowest BCUT2D eigenvalue weighted by atomic mass is 10.1. The monoisotopic (exact) mass is 461 g/mol. The van der Waals surface area contributed by atoms with Crippen LogP contribution in [0.15, 0.2) is 59.1 Å². The van der Waals surface area contributed by atoms with E-state index in [1.165, 1.54) is 11.8 Å². The lowest BCUT2D eigenvalue weighted by molar-refractivity contribution is 0.0962. The van der Waals surface area contributed by atoms with Crippen molar-refractivity contribution >= 4 is 23.4 Å². The minimum Gasteiger partial charge on any atom is -0.421 e. The number of carbonyl (C=O) groups is 1. The molecule has 176 valence electrons. The van der Waals surface area contributed by atoms with Gasteiger partial charge < -0.3 is 25.9 Å². The average Bonchev–Trinajstić information content (AvgIpc) is 3.26. The fourth-order valence-corrected chi connectivity index (χ4v) is 3.06. The molecule has 0 saturated carbocycles. The number of aliphatic hydroxyl groups excluding tert-OH is 1. The summed E-state index contributed by atoms with van der Waals surface area (Å²) in [5.41, 5.74) is 9.80. The zero-order valence-corrected chi connectivity index (χ0v) is 19.2. The third kappa shape index (κ3) is 6.36. The summed E-state index contributed by atoms with van der Waals surface area (Å²) in [6, 6.07) is 15.3. The highest BCUT2D eigenvalue weighted by molar-refractivity contribution is 5.95. The molecule has 0 atom stereocenters. The van der Waals surface area contributed by atoms with E-state index < -0.39 is 0 Å². The van der Waals surface area contributed by atoms with Crippen molar-refractivity contribution < 1.29 is 14.3 Å². The fourth-order valence-electron chi connectivity index (χ4n) is 3.06. The fraction of sp³-hybridized carbons (Fsp3) is 0.208. The molecule has 10 nitrogen and oxygen atoms in total. The van der Waals surface area contributed by atoms with Crippen LogP contribution in [0.4, 0.5) is 17.5 Å². The van der Waals surface area contributed by atoms with Crippen LogP contribution in [0.2, 0.25) is 0 Å². The summed E-state index contributed by atoms with van der Waals surface area (Å²) < 4.78 is 5.33. The molecule has 2 aromatic carbocycles. The van der Waals surface area contributed by atoms with Gasteiger partial charge in [0.05, 0.1) is 5.56 Å². The molecule has 0 saturated heterocycles. The second kappa shape index (κ2) is 11.5. The lowest BCUT2D eigenvalue weighted by Gasteiger charge is -2.09. The highest BCUT2D eigenvalue weighted by Gasteiger charge is 2.13. The number of nitrogens with one attached hydrogen (secondary N) is 2. The van der Waals surface area contributed by atoms with Gasteiger partial charge in [-0.15, -0.1) is 10.2 Å². The first-order valence-electron chi connectivity index (χ1n) is 10.6. The summed E-state index contributed by atoms with van der Waals surface area (Å²) in [6.45, 7) is 3.78. The van der Waals surface area contributed by atoms with Crippen LogP contribution in [0.3, 0.4) is 0 Å². The molecule has 2 aromatic heterocycles. The number of nitrogens with zero attached hydrogens (tertiary/aromatic N) is 4. The maximum atomic E-state index is 11.7. The van der Waals surface area contributed by atoms with Gasteiger partial charge in [-0.3, -0.25) is 4.79 Å². The van der Waals surface area contributed by atoms with Crippen LogP contribution < -0.4 is 16.4 Å². The van der Waals surface area contributed by atoms with Gasteiger partial charge in [0, 0.05) is 38.0 Å². The van der Waals surface area contributed by atoms with Gasteiger partial charge in [-0.1, -0.05) is 30.3 Å². The Labute approximate surface area is 197 Å². The molecular weight excluding hydrogens is 434 g/mol. The van der Waals surface area contributed by atoms with Gasteiger partial charge in [0.25, 0.3) is 11.8 Å². The predicted molar refractivity (Wildman–Crippen MR) is 130 cm³/mol. The molecule has 5 N–H and O–H groups in total. The van der Waals surface area contributed by atoms with E-state index in [2.05, 4.69) is 30.8 Å². The number of hydrogen-bond donors (Lipinski definition) is 4. The van der Waals surface area contributed by atoms with Crippen LogP contribution in [-0.4, -0.2) is 44.8 Å². The van der Waals surface area contributed by atoms with Crippen LogP contribution >= 0.6 is 0 Å². The molecular formula is C24H27N7O3. The average molecular weight is 462 g/mol. The molecule has 0 bridgehead atoms. The summed E-state index contributed by atoms with van der Waals surface area (Å²) >= 11 is 0. The van der Waals surface area contributed by atoms with Crippen LogP contribution in [0.5, 0.6) is 0 Å². The van der Waals surface area contributed by atoms with E-state index >= 15 is 0 Å². The number of nitrogens with two attached hydrogens (primary N) is 1. The Morgan fingerprint density at radius 3 is 2.47 bits per heavy atom. The molecule has 0 fully saturated rings. The molecule has 0 radical (unpaired) electrons. The van der Waals surface area contributed by atoms with Crippen molar-refractivity contribution in [2.75, 3.05) is 24.7 Å². The molecule has 4 rings (SSSR count). The minimum absolute atomic E-state index is 0.135. The second-order valence-electron chi connectivity index (χ2n) is 7.31. The van der Waals surface area contributed by atoms with Crippen molar-refractivity contribution in [2.24, 2.45) is 0 Å². The highest BCUT2D eigenvalue weighted by Crippen LogP contribution is 2.24. The van der Waals surface area contributed by atoms with Gasteiger partial charge in [-0.2, -0.15) is 4.98 Å². The summed E-state index contributed by atoms with van der Waals surface area (Å²) in [5, 5.41) is 21.8. The number of nitrogen functional groups attached to an aromatic ring is 1. The van der Waals surface area contributed by atoms with Crippen molar-refractivity contribution in [3.8, 4) is 11.5 Å². The van der Waals surface area contributed by atoms with Gasteiger partial charge in [-0.25, -0.2) is 4.98 Å². The van der Waals surface area contributed by atoms with Crippen LogP contribution in [0, 0.1) is 13.8 Å². The van der Waals surface area contributed by atoms with E-state index in [4.69, 9.17) is 15.3 Å². The Morgan fingerprint density at radius 2 is 1.88 bits per heavy atom. The van der Waals surface area contributed by atoms with Gasteiger partial charge in [0.2, 0.25) is 11.8 Å². The number of benzene rings is 2. The molecule has 0 aliphatic heterocycles. The maximum Gasteiger partial charge on any atom is 0.253 e. The van der Waals surface area contributed by atoms with Gasteiger partial charge in [0.15, 0.2) is 0 Å². The van der Waals surface area contributed by atoms with Crippen molar-refractivity contribution in [2.45, 2.75) is 20.3 Å². The van der Waals surface area contributed by atoms with E-state index in [1.54, 1.807) is 26.1 Å². The molecule has 2 heterocycles. The van der Waals surface area contributed by atoms with Crippen molar-refractivity contribution in [1.29, 1.82) is 0 Å². The molecule has 0 aliphatic carbocycles. The van der Waals surface area contributed by atoms with Gasteiger partial charge in [0.1, 0.15) is 5.82 Å². The Morgan fingerprint density at radius 1 is 1.12 bits per heavy atom. The topological polar surface area (TPSA) is 152 Å². The van der Waals surface area contributed by atoms with Crippen LogP contribution in [0.1, 0.15) is 27.4 Å². The number of aliphatic hydroxyl groups is 1. The zero-order valence-electron chi connectivity index (χ0n) is 19.2. The molecule has 0 spiro atoms. The number of aryl methyl sites for hydroxylation is 2. The molecule has 4 aromatic rings. The third-order valence-corrected chi connectivity index (χ3v) is 4.77. The SMILES string of the molecule is CNC(=O)c1ccc(Nc2ncc(-c3nnc(C)o3)c(N)n2)cc1C.OCCc1ccccc1. The highest BCUT2D eigenvalue weighted by atomic mass is 16.4. The minimum atomic E-state index is -0.135. The van der Waals surface area contributed by atoms with E-state index in [0.717, 1.165) is 17.7 Å². The summed E-state index contributed by atoms with van der Waals surface area (Å²) in [6.07, 6.45) is 2.28. The number of amides is 1. The summed E-state index contributed by atoms with van der Waals surface area (Å²) in [5.74, 6) is 1.11. The first-order valence-corrected chi connectivity index (χ1v) is 10.6. The number of anilines is 3. The molecule has 0 aliphatic rings. The van der Waals surface area contributed by atoms with E-state index in [0.29, 0.717) is 23.0 Å². The van der Waals surface area contributed by atoms with E-state index in [-0.39, 0.29) is 24.2 Å². The second-order valence-corrected chi connectivity index (χ2v) is 7.31. The Kier molecular flexibility index (Phi) is 8.25. The van der Waals surface area contributed by atoms with E-state index in [9.17, 15) is 4.79 Å². The normalized spacial score (nSPS) is 10.2. The summed E-state index contributed by atoms with van der Waals surface area (Å²) in [4.78, 5) is 20.2. The first kappa shape index (κ1) is 24.3. The number of aromatic nitrogens is 4. The largest absolute Gasteiger partial charge is 0.421 e. The first-order chi connectivity index (χ1) is 16.4. The number of hydrogen-bond acceptors (Lipinski definition) is 9. The van der Waals surface area contributed by atoms with Gasteiger partial charge >= 0.3 is 0 Å². The number of carbonyl (C=O) groups excluding carboxylic acids is 1. The third-order valence-electron chi connectivity index (χ3n) is 4.77. The Hall–Kier alpha value is -4.31. The number of rotatable bonds is 6. The maximum absolute atomic E-state index is 11.7. The predicted octanol–water partition coefficient (Wildman–Crippen LogP) is 3.05. The van der Waals surface area contributed by atoms with Crippen LogP contribution in [0.25, 0.3) is 11.5 Å². The standard InChI is InChI=1S/C16H17N7O2.C8H10O/c1-8-6-10(4-5-11(8)14(24)18-3)20-16-19-7-12(13(17)21-16)15-23-22-9(2)25-15;9-7-6-8-4-2-1-3-5-8/h4-7H,1-3H3,(H,18,24)(H3,17,19,20,21);1-5,9H,6-7H2. The van der Waals surface area contributed by atoms with Crippen molar-refractivity contribution in [3.63, 3.8) is 0 Å². The van der Waals surface area contributed by atoms with Crippen molar-refractivity contribution in [3.05, 3.63) is 77.3 Å². The van der Waals surface area contributed by atoms with Gasteiger partial charge in [-0.05, 0) is 42.7 Å². The quantitative estimate of drug-likeness (QED) is 0.339. The smallest absolute Gasteiger partial charge is 0.253 e. The van der Waals surface area contributed by atoms with Crippen molar-refractivity contribution in [1.82, 2.24) is 25.5 Å².